The Morgan fingerprint density at radius 3 is 2.56 bits per heavy atom. The van der Waals surface area contributed by atoms with E-state index in [4.69, 9.17) is 18.6 Å². The number of aliphatic hydroxyl groups excluding tert-OH is 2. The van der Waals surface area contributed by atoms with Crippen LogP contribution in [0.25, 0.3) is 11.0 Å². The number of nitrogens with zero attached hydrogens (tertiary/aromatic N) is 1. The number of nitrogens with one attached hydrogen (secondary N) is 1. The highest BCUT2D eigenvalue weighted by atomic mass is 16.7. The van der Waals surface area contributed by atoms with E-state index < -0.39 is 48.7 Å². The number of aryl methyl sites for hydroxylation is 1. The van der Waals surface area contributed by atoms with Gasteiger partial charge in [0.25, 0.3) is 0 Å². The number of carbonyl (C=O) groups excluding carboxylic acids is 1. The number of hydrogen-bond acceptors (Lipinski definition) is 9. The van der Waals surface area contributed by atoms with Gasteiger partial charge >= 0.3 is 5.63 Å². The summed E-state index contributed by atoms with van der Waals surface area (Å²) >= 11 is 0. The lowest BCUT2D eigenvalue weighted by Gasteiger charge is -2.42. The molecule has 1 saturated heterocycles. The Kier molecular flexibility index (Phi) is 7.68. The second-order valence-electron chi connectivity index (χ2n) is 8.51. The minimum Gasteiger partial charge on any atom is -0.497 e. The minimum atomic E-state index is -1.24. The number of aliphatic imine (C=N–C) groups is 1. The molecule has 2 heterocycles. The minimum absolute atomic E-state index is 0.292. The fourth-order valence-corrected chi connectivity index (χ4v) is 4.13. The Morgan fingerprint density at radius 2 is 1.89 bits per heavy atom. The van der Waals surface area contributed by atoms with Gasteiger partial charge in [0.2, 0.25) is 12.2 Å². The average Bonchev–Trinajstić information content (AvgIpc) is 2.85. The number of fused-ring (bicyclic) bond motifs is 1. The molecular weight excluding hydrogens is 468 g/mol. The number of benzene rings is 2. The van der Waals surface area contributed by atoms with E-state index >= 15 is 0 Å². The monoisotopic (exact) mass is 496 g/mol. The van der Waals surface area contributed by atoms with Crippen LogP contribution in [0, 0.1) is 6.92 Å². The molecular formula is C26H28N2O8. The third-order valence-corrected chi connectivity index (χ3v) is 5.94. The van der Waals surface area contributed by atoms with Gasteiger partial charge in [0.05, 0.1) is 13.7 Å². The quantitative estimate of drug-likeness (QED) is 0.331. The maximum absolute atomic E-state index is 11.9. The van der Waals surface area contributed by atoms with Crippen LogP contribution in [-0.2, 0) is 9.53 Å². The lowest BCUT2D eigenvalue weighted by molar-refractivity contribution is -0.209. The van der Waals surface area contributed by atoms with Gasteiger partial charge in [0, 0.05) is 30.7 Å². The van der Waals surface area contributed by atoms with Crippen molar-refractivity contribution in [2.24, 2.45) is 4.99 Å². The molecule has 1 amide bonds. The van der Waals surface area contributed by atoms with E-state index in [1.54, 1.807) is 56.6 Å². The van der Waals surface area contributed by atoms with Crippen LogP contribution in [0.4, 0.5) is 0 Å². The first kappa shape index (κ1) is 25.4. The van der Waals surface area contributed by atoms with Gasteiger partial charge in [-0.1, -0.05) is 0 Å². The first-order valence-electron chi connectivity index (χ1n) is 11.4. The maximum atomic E-state index is 11.9. The Bertz CT molecular complexity index is 1300. The number of aliphatic hydroxyl groups is 2. The van der Waals surface area contributed by atoms with E-state index in [1.807, 2.05) is 0 Å². The van der Waals surface area contributed by atoms with Crippen LogP contribution in [0.3, 0.4) is 0 Å². The van der Waals surface area contributed by atoms with Gasteiger partial charge < -0.3 is 34.2 Å². The molecule has 0 bridgehead atoms. The second kappa shape index (κ2) is 10.9. The molecule has 1 fully saturated rings. The summed E-state index contributed by atoms with van der Waals surface area (Å²) < 4.78 is 22.3. The highest BCUT2D eigenvalue weighted by molar-refractivity contribution is 5.81. The second-order valence-corrected chi connectivity index (χ2v) is 8.51. The van der Waals surface area contributed by atoms with Crippen molar-refractivity contribution < 1.29 is 33.6 Å². The van der Waals surface area contributed by atoms with Crippen LogP contribution in [0.1, 0.15) is 18.1 Å². The van der Waals surface area contributed by atoms with Crippen molar-refractivity contribution in [1.82, 2.24) is 5.32 Å². The van der Waals surface area contributed by atoms with E-state index in [2.05, 4.69) is 10.3 Å². The summed E-state index contributed by atoms with van der Waals surface area (Å²) in [4.78, 5) is 28.1. The SMILES string of the molecule is COc1ccc(C=N[C@H]2[C@H](O)[C@@H](NC(C)=O)[C@H](Oc3ccc4c(C)cc(=O)oc4c3)O[C@@H]2CO)cc1. The van der Waals surface area contributed by atoms with Crippen molar-refractivity contribution >= 4 is 23.1 Å². The van der Waals surface area contributed by atoms with Crippen LogP contribution in [0.15, 0.2) is 62.7 Å². The fraction of sp³-hybridized carbons (Fsp3) is 0.346. The summed E-state index contributed by atoms with van der Waals surface area (Å²) in [5.74, 6) is 0.577. The molecule has 190 valence electrons. The number of ether oxygens (including phenoxy) is 3. The molecule has 3 N–H and O–H groups in total. The third kappa shape index (κ3) is 5.56. The molecule has 4 rings (SSSR count). The van der Waals surface area contributed by atoms with Gasteiger partial charge in [0.1, 0.15) is 41.4 Å². The molecule has 0 unspecified atom stereocenters. The van der Waals surface area contributed by atoms with Gasteiger partial charge in [-0.3, -0.25) is 9.79 Å². The Morgan fingerprint density at radius 1 is 1.17 bits per heavy atom. The number of rotatable bonds is 7. The fourth-order valence-electron chi connectivity index (χ4n) is 4.13. The number of hydrogen-bond donors (Lipinski definition) is 3. The van der Waals surface area contributed by atoms with Crippen molar-refractivity contribution in [3.63, 3.8) is 0 Å². The van der Waals surface area contributed by atoms with Gasteiger partial charge in [-0.2, -0.15) is 0 Å². The normalized spacial score (nSPS) is 24.1. The average molecular weight is 497 g/mol. The van der Waals surface area contributed by atoms with E-state index in [9.17, 15) is 19.8 Å². The standard InChI is InChI=1S/C26H28N2O8/c1-14-10-22(31)35-20-11-18(8-9-19(14)20)34-26-24(28-15(2)30)25(32)23(21(13-29)36-26)27-12-16-4-6-17(33-3)7-5-16/h4-12,21,23-26,29,32H,13H2,1-3H3,(H,28,30)/t21-,23-,24-,25+,26-/m1/s1. The molecule has 36 heavy (non-hydrogen) atoms. The Labute approximate surface area is 207 Å². The van der Waals surface area contributed by atoms with Crippen LogP contribution >= 0.6 is 0 Å². The summed E-state index contributed by atoms with van der Waals surface area (Å²) in [6, 6.07) is 11.6. The van der Waals surface area contributed by atoms with Gasteiger partial charge in [0.15, 0.2) is 0 Å². The Hall–Kier alpha value is -3.73. The first-order valence-corrected chi connectivity index (χ1v) is 11.4. The van der Waals surface area contributed by atoms with E-state index in [1.165, 1.54) is 19.1 Å². The molecule has 5 atom stereocenters. The van der Waals surface area contributed by atoms with Crippen molar-refractivity contribution in [2.75, 3.05) is 13.7 Å². The summed E-state index contributed by atoms with van der Waals surface area (Å²) in [7, 11) is 1.57. The summed E-state index contributed by atoms with van der Waals surface area (Å²) in [5, 5.41) is 24.5. The zero-order chi connectivity index (χ0) is 25.8. The zero-order valence-corrected chi connectivity index (χ0v) is 20.1. The van der Waals surface area contributed by atoms with Crippen molar-refractivity contribution in [2.45, 2.75) is 44.4 Å². The molecule has 10 nitrogen and oxygen atoms in total. The molecule has 3 aromatic rings. The smallest absolute Gasteiger partial charge is 0.336 e. The molecule has 1 aliphatic rings. The van der Waals surface area contributed by atoms with Gasteiger partial charge in [-0.15, -0.1) is 0 Å². The number of amides is 1. The summed E-state index contributed by atoms with van der Waals surface area (Å²) in [6.45, 7) is 2.66. The van der Waals surface area contributed by atoms with Crippen LogP contribution in [0.5, 0.6) is 11.5 Å². The maximum Gasteiger partial charge on any atom is 0.336 e. The lowest BCUT2D eigenvalue weighted by Crippen LogP contribution is -2.65. The predicted octanol–water partition coefficient (Wildman–Crippen LogP) is 1.56. The summed E-state index contributed by atoms with van der Waals surface area (Å²) in [6.07, 6.45) is -1.74. The molecule has 0 spiro atoms. The predicted molar refractivity (Wildman–Crippen MR) is 132 cm³/mol. The summed E-state index contributed by atoms with van der Waals surface area (Å²) in [5.41, 5.74) is 1.34. The van der Waals surface area contributed by atoms with Crippen LogP contribution < -0.4 is 20.4 Å². The molecule has 10 heteroatoms. The van der Waals surface area contributed by atoms with E-state index in [0.717, 1.165) is 16.5 Å². The third-order valence-electron chi connectivity index (χ3n) is 5.94. The molecule has 0 radical (unpaired) electrons. The van der Waals surface area contributed by atoms with Crippen LogP contribution in [0.2, 0.25) is 0 Å². The van der Waals surface area contributed by atoms with Crippen molar-refractivity contribution in [1.29, 1.82) is 0 Å². The first-order chi connectivity index (χ1) is 17.3. The zero-order valence-electron chi connectivity index (χ0n) is 20.1. The molecule has 1 aromatic heterocycles. The lowest BCUT2D eigenvalue weighted by atomic mass is 9.94. The molecule has 0 saturated carbocycles. The van der Waals surface area contributed by atoms with Crippen molar-refractivity contribution in [3.8, 4) is 11.5 Å². The van der Waals surface area contributed by atoms with Crippen LogP contribution in [-0.4, -0.2) is 66.6 Å². The van der Waals surface area contributed by atoms with Gasteiger partial charge in [-0.05, 0) is 54.4 Å². The molecule has 1 aliphatic heterocycles. The molecule has 0 aliphatic carbocycles. The highest BCUT2D eigenvalue weighted by Crippen LogP contribution is 2.28. The largest absolute Gasteiger partial charge is 0.497 e. The topological polar surface area (TPSA) is 140 Å². The Balaban J connectivity index is 1.59. The van der Waals surface area contributed by atoms with E-state index in [-0.39, 0.29) is 0 Å². The molecule has 2 aromatic carbocycles. The number of methoxy groups -OCH3 is 1. The number of carbonyl (C=O) groups is 1. The highest BCUT2D eigenvalue weighted by Gasteiger charge is 2.46. The van der Waals surface area contributed by atoms with Gasteiger partial charge in [-0.25, -0.2) is 4.79 Å². The van der Waals surface area contributed by atoms with Crippen molar-refractivity contribution in [3.05, 3.63) is 70.1 Å². The van der Waals surface area contributed by atoms with E-state index in [0.29, 0.717) is 17.1 Å².